The molecule has 0 aliphatic heterocycles. The van der Waals surface area contributed by atoms with E-state index >= 15 is 0 Å². The number of aromatic hydroxyl groups is 1. The van der Waals surface area contributed by atoms with Crippen LogP contribution >= 0.6 is 12.6 Å². The molecule has 0 atom stereocenters. The minimum Gasteiger partial charge on any atom is -0.507 e. The molecule has 1 nitrogen and oxygen atoms in total. The second kappa shape index (κ2) is 10.2. The van der Waals surface area contributed by atoms with Gasteiger partial charge < -0.3 is 5.11 Å². The van der Waals surface area contributed by atoms with E-state index in [1.165, 1.54) is 63.4 Å². The van der Waals surface area contributed by atoms with Gasteiger partial charge in [0, 0.05) is 4.90 Å². The van der Waals surface area contributed by atoms with Gasteiger partial charge in [0.1, 0.15) is 5.75 Å². The molecular weight excluding hydrogens is 252 g/mol. The first kappa shape index (κ1) is 16.4. The number of thiol groups is 1. The van der Waals surface area contributed by atoms with E-state index in [0.717, 1.165) is 6.42 Å². The molecule has 0 aliphatic carbocycles. The topological polar surface area (TPSA) is 20.2 Å². The van der Waals surface area contributed by atoms with E-state index in [0.29, 0.717) is 4.90 Å². The normalized spacial score (nSPS) is 10.8. The molecule has 0 aromatic heterocycles. The summed E-state index contributed by atoms with van der Waals surface area (Å²) in [4.78, 5) is 0.688. The quantitative estimate of drug-likeness (QED) is 0.413. The zero-order valence-corrected chi connectivity index (χ0v) is 13.1. The van der Waals surface area contributed by atoms with Gasteiger partial charge >= 0.3 is 0 Å². The van der Waals surface area contributed by atoms with Crippen molar-refractivity contribution < 1.29 is 5.11 Å². The molecule has 1 aromatic carbocycles. The number of hydrogen-bond acceptors (Lipinski definition) is 2. The molecule has 1 rings (SSSR count). The Morgan fingerprint density at radius 2 is 1.47 bits per heavy atom. The number of phenols is 1. The molecule has 0 amide bonds. The Morgan fingerprint density at radius 1 is 0.895 bits per heavy atom. The van der Waals surface area contributed by atoms with Crippen molar-refractivity contribution in [2.75, 3.05) is 0 Å². The fourth-order valence-corrected chi connectivity index (χ4v) is 2.60. The maximum absolute atomic E-state index is 9.40. The van der Waals surface area contributed by atoms with E-state index in [1.807, 2.05) is 12.1 Å². The zero-order chi connectivity index (χ0) is 13.9. The molecule has 0 fully saturated rings. The fourth-order valence-electron chi connectivity index (χ4n) is 2.36. The first-order chi connectivity index (χ1) is 9.24. The summed E-state index contributed by atoms with van der Waals surface area (Å²) in [6, 6.07) is 5.72. The summed E-state index contributed by atoms with van der Waals surface area (Å²) in [5, 5.41) is 9.40. The number of rotatable bonds is 10. The molecule has 0 unspecified atom stereocenters. The summed E-state index contributed by atoms with van der Waals surface area (Å²) in [6.45, 7) is 2.26. The van der Waals surface area contributed by atoms with Crippen molar-refractivity contribution in [2.24, 2.45) is 0 Å². The molecule has 19 heavy (non-hydrogen) atoms. The van der Waals surface area contributed by atoms with Crippen LogP contribution in [0.2, 0.25) is 0 Å². The fraction of sp³-hybridized carbons (Fsp3) is 0.647. The number of phenolic OH excluding ortho intramolecular Hbond substituents is 1. The highest BCUT2D eigenvalue weighted by Gasteiger charge is 1.99. The molecule has 1 aromatic rings. The van der Waals surface area contributed by atoms with Crippen LogP contribution in [0.4, 0.5) is 0 Å². The second-order valence-electron chi connectivity index (χ2n) is 5.40. The molecule has 108 valence electrons. The maximum Gasteiger partial charge on any atom is 0.128 e. The largest absolute Gasteiger partial charge is 0.507 e. The van der Waals surface area contributed by atoms with E-state index < -0.39 is 0 Å². The SMILES string of the molecule is CCCCCCCCCCCc1ccc(O)c(S)c1. The predicted molar refractivity (Wildman–Crippen MR) is 86.3 cm³/mol. The van der Waals surface area contributed by atoms with Crippen LogP contribution in [-0.2, 0) is 6.42 Å². The predicted octanol–water partition coefficient (Wildman–Crippen LogP) is 5.75. The van der Waals surface area contributed by atoms with Crippen molar-refractivity contribution in [1.82, 2.24) is 0 Å². The summed E-state index contributed by atoms with van der Waals surface area (Å²) in [5.74, 6) is 0.277. The third-order valence-corrected chi connectivity index (χ3v) is 3.97. The molecule has 0 saturated heterocycles. The molecule has 1 N–H and O–H groups in total. The van der Waals surface area contributed by atoms with Crippen LogP contribution < -0.4 is 0 Å². The average Bonchev–Trinajstić information content (AvgIpc) is 2.41. The van der Waals surface area contributed by atoms with Crippen molar-refractivity contribution in [2.45, 2.75) is 76.0 Å². The van der Waals surface area contributed by atoms with Gasteiger partial charge in [-0.05, 0) is 30.5 Å². The summed E-state index contributed by atoms with van der Waals surface area (Å²) in [6.07, 6.45) is 13.4. The standard InChI is InChI=1S/C17H28OS/c1-2-3-4-5-6-7-8-9-10-11-15-12-13-16(18)17(19)14-15/h12-14,18-19H,2-11H2,1H3. The lowest BCUT2D eigenvalue weighted by Gasteiger charge is -2.04. The highest BCUT2D eigenvalue weighted by Crippen LogP contribution is 2.23. The monoisotopic (exact) mass is 280 g/mol. The smallest absolute Gasteiger partial charge is 0.128 e. The van der Waals surface area contributed by atoms with Crippen LogP contribution in [0, 0.1) is 0 Å². The zero-order valence-electron chi connectivity index (χ0n) is 12.2. The van der Waals surface area contributed by atoms with Crippen molar-refractivity contribution in [3.8, 4) is 5.75 Å². The summed E-state index contributed by atoms with van der Waals surface area (Å²) in [7, 11) is 0. The molecule has 0 aliphatic rings. The van der Waals surface area contributed by atoms with Crippen LogP contribution in [0.3, 0.4) is 0 Å². The third-order valence-electron chi connectivity index (χ3n) is 3.61. The molecule has 0 spiro atoms. The average molecular weight is 280 g/mol. The summed E-state index contributed by atoms with van der Waals surface area (Å²) < 4.78 is 0. The lowest BCUT2D eigenvalue weighted by Crippen LogP contribution is -1.87. The minimum absolute atomic E-state index is 0.277. The highest BCUT2D eigenvalue weighted by atomic mass is 32.1. The Morgan fingerprint density at radius 3 is 2.05 bits per heavy atom. The van der Waals surface area contributed by atoms with Crippen LogP contribution in [0.1, 0.15) is 70.3 Å². The lowest BCUT2D eigenvalue weighted by molar-refractivity contribution is 0.462. The van der Waals surface area contributed by atoms with E-state index in [1.54, 1.807) is 6.07 Å². The van der Waals surface area contributed by atoms with E-state index in [9.17, 15) is 5.11 Å². The Balaban J connectivity index is 2.00. The number of aryl methyl sites for hydroxylation is 1. The van der Waals surface area contributed by atoms with Crippen LogP contribution in [-0.4, -0.2) is 5.11 Å². The van der Waals surface area contributed by atoms with Gasteiger partial charge in [0.15, 0.2) is 0 Å². The second-order valence-corrected chi connectivity index (χ2v) is 5.88. The molecule has 0 radical (unpaired) electrons. The Hall–Kier alpha value is -0.630. The summed E-state index contributed by atoms with van der Waals surface area (Å²) >= 11 is 4.24. The van der Waals surface area contributed by atoms with Crippen LogP contribution in [0.15, 0.2) is 23.1 Å². The van der Waals surface area contributed by atoms with Gasteiger partial charge in [-0.1, -0.05) is 64.4 Å². The first-order valence-corrected chi connectivity index (χ1v) is 8.19. The van der Waals surface area contributed by atoms with E-state index in [4.69, 9.17) is 0 Å². The van der Waals surface area contributed by atoms with Crippen LogP contribution in [0.25, 0.3) is 0 Å². The van der Waals surface area contributed by atoms with Gasteiger partial charge in [0.25, 0.3) is 0 Å². The molecule has 0 saturated carbocycles. The Labute approximate surface area is 123 Å². The number of unbranched alkanes of at least 4 members (excludes halogenated alkanes) is 8. The van der Waals surface area contributed by atoms with Gasteiger partial charge in [0.05, 0.1) is 0 Å². The van der Waals surface area contributed by atoms with E-state index in [2.05, 4.69) is 19.6 Å². The van der Waals surface area contributed by atoms with Crippen molar-refractivity contribution >= 4 is 12.6 Å². The molecular formula is C17H28OS. The maximum atomic E-state index is 9.40. The highest BCUT2D eigenvalue weighted by molar-refractivity contribution is 7.80. The van der Waals surface area contributed by atoms with Crippen molar-refractivity contribution in [3.05, 3.63) is 23.8 Å². The third kappa shape index (κ3) is 7.51. The van der Waals surface area contributed by atoms with Gasteiger partial charge in [0.2, 0.25) is 0 Å². The summed E-state index contributed by atoms with van der Waals surface area (Å²) in [5.41, 5.74) is 1.28. The van der Waals surface area contributed by atoms with Crippen LogP contribution in [0.5, 0.6) is 5.75 Å². The molecule has 0 heterocycles. The molecule has 2 heteroatoms. The van der Waals surface area contributed by atoms with Gasteiger partial charge in [-0.15, -0.1) is 12.6 Å². The van der Waals surface area contributed by atoms with Crippen molar-refractivity contribution in [1.29, 1.82) is 0 Å². The number of hydrogen-bond donors (Lipinski definition) is 2. The lowest BCUT2D eigenvalue weighted by atomic mass is 10.0. The van der Waals surface area contributed by atoms with E-state index in [-0.39, 0.29) is 5.75 Å². The van der Waals surface area contributed by atoms with Gasteiger partial charge in [-0.25, -0.2) is 0 Å². The van der Waals surface area contributed by atoms with Gasteiger partial charge in [-0.3, -0.25) is 0 Å². The first-order valence-electron chi connectivity index (χ1n) is 7.75. The number of benzene rings is 1. The van der Waals surface area contributed by atoms with Crippen molar-refractivity contribution in [3.63, 3.8) is 0 Å². The minimum atomic E-state index is 0.277. The Kier molecular flexibility index (Phi) is 8.81. The Bertz CT molecular complexity index is 349. The van der Waals surface area contributed by atoms with Gasteiger partial charge in [-0.2, -0.15) is 0 Å². The molecule has 0 bridgehead atoms.